The van der Waals surface area contributed by atoms with Gasteiger partial charge in [0.05, 0.1) is 12.1 Å². The van der Waals surface area contributed by atoms with E-state index in [0.29, 0.717) is 5.02 Å². The molecule has 2 unspecified atom stereocenters. The van der Waals surface area contributed by atoms with Crippen LogP contribution in [-0.4, -0.2) is 29.9 Å². The van der Waals surface area contributed by atoms with Gasteiger partial charge in [0.1, 0.15) is 0 Å². The third-order valence-electron chi connectivity index (χ3n) is 4.16. The van der Waals surface area contributed by atoms with Crippen LogP contribution >= 0.6 is 11.6 Å². The molecule has 0 aromatic heterocycles. The molecule has 0 saturated carbocycles. The Bertz CT molecular complexity index is 476. The first-order valence-corrected chi connectivity index (χ1v) is 8.30. The van der Waals surface area contributed by atoms with Crippen molar-refractivity contribution < 1.29 is 4.79 Å². The molecule has 2 atom stereocenters. The number of piperidine rings is 1. The Morgan fingerprint density at radius 3 is 2.90 bits per heavy atom. The fourth-order valence-corrected chi connectivity index (χ4v) is 3.36. The number of benzene rings is 1. The maximum Gasteiger partial charge on any atom is 0.237 e. The number of hydrogen-bond donors (Lipinski definition) is 1. The molecule has 1 saturated heterocycles. The van der Waals surface area contributed by atoms with Crippen LogP contribution in [0.2, 0.25) is 5.02 Å². The van der Waals surface area contributed by atoms with Gasteiger partial charge in [0.2, 0.25) is 5.91 Å². The van der Waals surface area contributed by atoms with Gasteiger partial charge in [-0.25, -0.2) is 0 Å². The lowest BCUT2D eigenvalue weighted by Crippen LogP contribution is -2.50. The SMILES string of the molecule is CCCN1CCCCC1C(=O)NC(C)c1ccccc1Cl. The Morgan fingerprint density at radius 2 is 2.19 bits per heavy atom. The van der Waals surface area contributed by atoms with E-state index in [-0.39, 0.29) is 18.0 Å². The van der Waals surface area contributed by atoms with Crippen LogP contribution in [-0.2, 0) is 4.79 Å². The van der Waals surface area contributed by atoms with E-state index < -0.39 is 0 Å². The summed E-state index contributed by atoms with van der Waals surface area (Å²) in [6.45, 7) is 6.19. The van der Waals surface area contributed by atoms with Gasteiger partial charge in [0.15, 0.2) is 0 Å². The quantitative estimate of drug-likeness (QED) is 0.897. The summed E-state index contributed by atoms with van der Waals surface area (Å²) >= 11 is 6.21. The minimum atomic E-state index is -0.0587. The van der Waals surface area contributed by atoms with E-state index in [2.05, 4.69) is 17.1 Å². The van der Waals surface area contributed by atoms with Crippen LogP contribution in [0, 0.1) is 0 Å². The van der Waals surface area contributed by atoms with Gasteiger partial charge in [-0.3, -0.25) is 9.69 Å². The minimum absolute atomic E-state index is 0.0173. The topological polar surface area (TPSA) is 32.3 Å². The van der Waals surface area contributed by atoms with Crippen LogP contribution < -0.4 is 5.32 Å². The van der Waals surface area contributed by atoms with Crippen molar-refractivity contribution in [2.45, 2.75) is 51.6 Å². The second kappa shape index (κ2) is 7.81. The van der Waals surface area contributed by atoms with Crippen molar-refractivity contribution in [3.63, 3.8) is 0 Å². The van der Waals surface area contributed by atoms with Gasteiger partial charge in [-0.15, -0.1) is 0 Å². The number of halogens is 1. The lowest BCUT2D eigenvalue weighted by atomic mass is 10.00. The number of hydrogen-bond acceptors (Lipinski definition) is 2. The van der Waals surface area contributed by atoms with E-state index in [0.717, 1.165) is 37.9 Å². The molecule has 1 aromatic rings. The van der Waals surface area contributed by atoms with Gasteiger partial charge < -0.3 is 5.32 Å². The van der Waals surface area contributed by atoms with Gasteiger partial charge in [-0.1, -0.05) is 43.1 Å². The number of amides is 1. The molecule has 1 heterocycles. The number of carbonyl (C=O) groups excluding carboxylic acids is 1. The summed E-state index contributed by atoms with van der Waals surface area (Å²) < 4.78 is 0. The molecule has 1 fully saturated rings. The van der Waals surface area contributed by atoms with Crippen molar-refractivity contribution in [3.8, 4) is 0 Å². The van der Waals surface area contributed by atoms with Crippen LogP contribution in [0.15, 0.2) is 24.3 Å². The van der Waals surface area contributed by atoms with E-state index >= 15 is 0 Å². The summed E-state index contributed by atoms with van der Waals surface area (Å²) in [6, 6.07) is 7.65. The normalized spacial score (nSPS) is 21.0. The largest absolute Gasteiger partial charge is 0.348 e. The van der Waals surface area contributed by atoms with E-state index in [9.17, 15) is 4.79 Å². The first-order valence-electron chi connectivity index (χ1n) is 7.92. The average molecular weight is 309 g/mol. The Labute approximate surface area is 132 Å². The molecule has 2 rings (SSSR count). The molecule has 0 bridgehead atoms. The van der Waals surface area contributed by atoms with Gasteiger partial charge in [0.25, 0.3) is 0 Å². The summed E-state index contributed by atoms with van der Waals surface area (Å²) in [4.78, 5) is 14.9. The highest BCUT2D eigenvalue weighted by molar-refractivity contribution is 6.31. The van der Waals surface area contributed by atoms with E-state index in [1.807, 2.05) is 31.2 Å². The molecular weight excluding hydrogens is 284 g/mol. The number of nitrogens with one attached hydrogen (secondary N) is 1. The second-order valence-corrected chi connectivity index (χ2v) is 6.21. The van der Waals surface area contributed by atoms with Crippen LogP contribution in [0.25, 0.3) is 0 Å². The van der Waals surface area contributed by atoms with Crippen LogP contribution in [0.1, 0.15) is 51.1 Å². The molecule has 0 aliphatic carbocycles. The van der Waals surface area contributed by atoms with E-state index in [1.54, 1.807) is 0 Å². The highest BCUT2D eigenvalue weighted by Crippen LogP contribution is 2.23. The highest BCUT2D eigenvalue weighted by atomic mass is 35.5. The summed E-state index contributed by atoms with van der Waals surface area (Å²) in [5, 5.41) is 3.84. The van der Waals surface area contributed by atoms with E-state index in [1.165, 1.54) is 6.42 Å². The molecule has 0 radical (unpaired) electrons. The highest BCUT2D eigenvalue weighted by Gasteiger charge is 2.28. The van der Waals surface area contributed by atoms with E-state index in [4.69, 9.17) is 11.6 Å². The third kappa shape index (κ3) is 4.21. The van der Waals surface area contributed by atoms with Crippen molar-refractivity contribution >= 4 is 17.5 Å². The number of likely N-dealkylation sites (tertiary alicyclic amines) is 1. The van der Waals surface area contributed by atoms with Gasteiger partial charge in [-0.2, -0.15) is 0 Å². The number of rotatable bonds is 5. The lowest BCUT2D eigenvalue weighted by Gasteiger charge is -2.35. The maximum atomic E-state index is 12.6. The zero-order valence-corrected chi connectivity index (χ0v) is 13.7. The van der Waals surface area contributed by atoms with Gasteiger partial charge in [0, 0.05) is 5.02 Å². The van der Waals surface area contributed by atoms with Crippen LogP contribution in [0.3, 0.4) is 0 Å². The first kappa shape index (κ1) is 16.3. The standard InChI is InChI=1S/C17H25ClN2O/c1-3-11-20-12-7-6-10-16(20)17(21)19-13(2)14-8-4-5-9-15(14)18/h4-5,8-9,13,16H,3,6-7,10-12H2,1-2H3,(H,19,21). The minimum Gasteiger partial charge on any atom is -0.348 e. The molecular formula is C17H25ClN2O. The van der Waals surface area contributed by atoms with Crippen molar-refractivity contribution in [2.75, 3.05) is 13.1 Å². The fraction of sp³-hybridized carbons (Fsp3) is 0.588. The summed E-state index contributed by atoms with van der Waals surface area (Å²) in [7, 11) is 0. The first-order chi connectivity index (χ1) is 10.1. The Balaban J connectivity index is 2.01. The molecule has 1 aliphatic rings. The second-order valence-electron chi connectivity index (χ2n) is 5.80. The van der Waals surface area contributed by atoms with Crippen molar-refractivity contribution in [1.82, 2.24) is 10.2 Å². The van der Waals surface area contributed by atoms with Crippen LogP contribution in [0.5, 0.6) is 0 Å². The zero-order chi connectivity index (χ0) is 15.2. The number of carbonyl (C=O) groups is 1. The molecule has 0 spiro atoms. The molecule has 116 valence electrons. The zero-order valence-electron chi connectivity index (χ0n) is 12.9. The fourth-order valence-electron chi connectivity index (χ4n) is 3.06. The lowest BCUT2D eigenvalue weighted by molar-refractivity contribution is -0.128. The molecule has 1 aliphatic heterocycles. The van der Waals surface area contributed by atoms with Crippen molar-refractivity contribution in [3.05, 3.63) is 34.9 Å². The van der Waals surface area contributed by atoms with Crippen LogP contribution in [0.4, 0.5) is 0 Å². The predicted octanol–water partition coefficient (Wildman–Crippen LogP) is 3.78. The summed E-state index contributed by atoms with van der Waals surface area (Å²) in [5.74, 6) is 0.135. The Hall–Kier alpha value is -1.06. The summed E-state index contributed by atoms with van der Waals surface area (Å²) in [6.07, 6.45) is 4.38. The maximum absolute atomic E-state index is 12.6. The molecule has 1 aromatic carbocycles. The Morgan fingerprint density at radius 1 is 1.43 bits per heavy atom. The Kier molecular flexibility index (Phi) is 6.07. The van der Waals surface area contributed by atoms with Gasteiger partial charge >= 0.3 is 0 Å². The van der Waals surface area contributed by atoms with Gasteiger partial charge in [-0.05, 0) is 50.9 Å². The predicted molar refractivity (Wildman–Crippen MR) is 87.5 cm³/mol. The number of nitrogens with zero attached hydrogens (tertiary/aromatic N) is 1. The molecule has 1 amide bonds. The summed E-state index contributed by atoms with van der Waals surface area (Å²) in [5.41, 5.74) is 0.977. The molecule has 1 N–H and O–H groups in total. The molecule has 21 heavy (non-hydrogen) atoms. The third-order valence-corrected chi connectivity index (χ3v) is 4.50. The monoisotopic (exact) mass is 308 g/mol. The average Bonchev–Trinajstić information content (AvgIpc) is 2.48. The molecule has 4 heteroatoms. The molecule has 3 nitrogen and oxygen atoms in total. The smallest absolute Gasteiger partial charge is 0.237 e. The van der Waals surface area contributed by atoms with Crippen molar-refractivity contribution in [1.29, 1.82) is 0 Å². The van der Waals surface area contributed by atoms with Crippen molar-refractivity contribution in [2.24, 2.45) is 0 Å².